The van der Waals surface area contributed by atoms with Gasteiger partial charge in [0.1, 0.15) is 11.6 Å². The Kier molecular flexibility index (Phi) is 6.38. The van der Waals surface area contributed by atoms with Crippen LogP contribution in [0.25, 0.3) is 0 Å². The van der Waals surface area contributed by atoms with E-state index in [4.69, 9.17) is 9.47 Å². The third-order valence-corrected chi connectivity index (χ3v) is 5.48. The fraction of sp³-hybridized carbons (Fsp3) is 0.292. The topological polar surface area (TPSA) is 94.9 Å². The second-order valence-electron chi connectivity index (χ2n) is 7.74. The number of nitrogens with zero attached hydrogens (tertiary/aromatic N) is 3. The maximum absolute atomic E-state index is 12.5. The van der Waals surface area contributed by atoms with Crippen LogP contribution in [0.4, 0.5) is 5.69 Å². The molecule has 8 nitrogen and oxygen atoms in total. The number of Topliss-reactive ketones (excluding diaryl/α,β-unsaturated/α-hetero) is 1. The maximum atomic E-state index is 12.5. The molecule has 1 N–H and O–H groups in total. The van der Waals surface area contributed by atoms with Gasteiger partial charge in [-0.25, -0.2) is 0 Å². The summed E-state index contributed by atoms with van der Waals surface area (Å²) < 4.78 is 10.8. The first-order valence-corrected chi connectivity index (χ1v) is 10.4. The molecule has 0 aromatic heterocycles. The minimum absolute atomic E-state index is 0.0434. The zero-order valence-corrected chi connectivity index (χ0v) is 17.8. The monoisotopic (exact) mass is 432 g/mol. The van der Waals surface area contributed by atoms with Crippen LogP contribution in [0.15, 0.2) is 54.2 Å². The number of carbonyl (C=O) groups excluding carboxylic acids is 2. The second-order valence-corrected chi connectivity index (χ2v) is 7.74. The summed E-state index contributed by atoms with van der Waals surface area (Å²) in [6.45, 7) is 5.62. The van der Waals surface area contributed by atoms with Gasteiger partial charge in [0.05, 0.1) is 0 Å². The zero-order chi connectivity index (χ0) is 22.5. The number of anilines is 1. The highest BCUT2D eigenvalue weighted by Crippen LogP contribution is 2.32. The van der Waals surface area contributed by atoms with E-state index in [9.17, 15) is 14.9 Å². The standard InChI is InChI=1S/C24H24N4O4/c1-17(29)19-3-5-21(6-4-19)26-24(30)20(13-25)15-28-10-8-27(9-11-28)14-18-2-7-22-23(12-18)32-16-31-22/h2-7,12,15H,8-11,14,16H2,1H3,(H,26,30)/b20-15-. The first-order valence-electron chi connectivity index (χ1n) is 10.4. The molecule has 0 unspecified atom stereocenters. The van der Waals surface area contributed by atoms with E-state index in [1.54, 1.807) is 30.5 Å². The molecule has 0 spiro atoms. The summed E-state index contributed by atoms with van der Waals surface area (Å²) in [6.07, 6.45) is 1.62. The van der Waals surface area contributed by atoms with E-state index in [0.29, 0.717) is 11.3 Å². The third-order valence-electron chi connectivity index (χ3n) is 5.48. The Morgan fingerprint density at radius 3 is 2.47 bits per heavy atom. The van der Waals surface area contributed by atoms with Crippen LogP contribution >= 0.6 is 0 Å². The number of ether oxygens (including phenoxy) is 2. The lowest BCUT2D eigenvalue weighted by Gasteiger charge is -2.34. The highest BCUT2D eigenvalue weighted by Gasteiger charge is 2.19. The molecule has 2 aliphatic rings. The summed E-state index contributed by atoms with van der Waals surface area (Å²) in [4.78, 5) is 28.2. The number of amides is 1. The van der Waals surface area contributed by atoms with Crippen LogP contribution < -0.4 is 14.8 Å². The number of nitrogens with one attached hydrogen (secondary N) is 1. The molecular formula is C24H24N4O4. The molecule has 2 aliphatic heterocycles. The Bertz CT molecular complexity index is 1080. The summed E-state index contributed by atoms with van der Waals surface area (Å²) in [5, 5.41) is 12.2. The van der Waals surface area contributed by atoms with Crippen molar-refractivity contribution < 1.29 is 19.1 Å². The van der Waals surface area contributed by atoms with E-state index in [-0.39, 0.29) is 18.1 Å². The Morgan fingerprint density at radius 2 is 1.78 bits per heavy atom. The van der Waals surface area contributed by atoms with Gasteiger partial charge in [0.2, 0.25) is 6.79 Å². The minimum Gasteiger partial charge on any atom is -0.454 e. The molecule has 0 bridgehead atoms. The van der Waals surface area contributed by atoms with Gasteiger partial charge in [0, 0.05) is 50.2 Å². The molecule has 8 heteroatoms. The highest BCUT2D eigenvalue weighted by atomic mass is 16.7. The van der Waals surface area contributed by atoms with Gasteiger partial charge in [-0.3, -0.25) is 14.5 Å². The molecule has 2 aromatic rings. The van der Waals surface area contributed by atoms with Crippen LogP contribution in [0, 0.1) is 11.3 Å². The molecule has 0 saturated carbocycles. The average Bonchev–Trinajstić information content (AvgIpc) is 3.27. The summed E-state index contributed by atoms with van der Waals surface area (Å²) in [6, 6.07) is 14.6. The predicted octanol–water partition coefficient (Wildman–Crippen LogP) is 2.78. The van der Waals surface area contributed by atoms with Gasteiger partial charge < -0.3 is 19.7 Å². The summed E-state index contributed by atoms with van der Waals surface area (Å²) in [5.41, 5.74) is 2.31. The van der Waals surface area contributed by atoms with Crippen LogP contribution in [-0.4, -0.2) is 54.5 Å². The highest BCUT2D eigenvalue weighted by molar-refractivity contribution is 6.06. The largest absolute Gasteiger partial charge is 0.454 e. The van der Waals surface area contributed by atoms with Crippen LogP contribution in [0.5, 0.6) is 11.5 Å². The van der Waals surface area contributed by atoms with E-state index in [0.717, 1.165) is 49.8 Å². The summed E-state index contributed by atoms with van der Waals surface area (Å²) in [7, 11) is 0. The fourth-order valence-corrected chi connectivity index (χ4v) is 3.66. The van der Waals surface area contributed by atoms with Gasteiger partial charge in [-0.05, 0) is 48.9 Å². The van der Waals surface area contributed by atoms with Gasteiger partial charge in [0.25, 0.3) is 5.91 Å². The minimum atomic E-state index is -0.467. The molecular weight excluding hydrogens is 408 g/mol. The Hall–Kier alpha value is -3.83. The lowest BCUT2D eigenvalue weighted by Crippen LogP contribution is -2.43. The fourth-order valence-electron chi connectivity index (χ4n) is 3.66. The molecule has 1 saturated heterocycles. The van der Waals surface area contributed by atoms with Crippen molar-refractivity contribution in [2.75, 3.05) is 38.3 Å². The number of benzene rings is 2. The van der Waals surface area contributed by atoms with Crippen LogP contribution in [-0.2, 0) is 11.3 Å². The van der Waals surface area contributed by atoms with Crippen molar-refractivity contribution in [3.05, 3.63) is 65.4 Å². The Morgan fingerprint density at radius 1 is 1.06 bits per heavy atom. The quantitative estimate of drug-likeness (QED) is 0.426. The molecule has 4 rings (SSSR count). The molecule has 0 aliphatic carbocycles. The van der Waals surface area contributed by atoms with Crippen molar-refractivity contribution in [3.8, 4) is 17.6 Å². The maximum Gasteiger partial charge on any atom is 0.267 e. The number of rotatable bonds is 6. The molecule has 1 amide bonds. The average molecular weight is 432 g/mol. The van der Waals surface area contributed by atoms with Crippen molar-refractivity contribution in [2.24, 2.45) is 0 Å². The number of hydrogen-bond acceptors (Lipinski definition) is 7. The van der Waals surface area contributed by atoms with Crippen LogP contribution in [0.2, 0.25) is 0 Å². The van der Waals surface area contributed by atoms with Gasteiger partial charge in [0.15, 0.2) is 17.3 Å². The number of carbonyl (C=O) groups is 2. The summed E-state index contributed by atoms with van der Waals surface area (Å²) in [5.74, 6) is 1.05. The van der Waals surface area contributed by atoms with Crippen molar-refractivity contribution in [3.63, 3.8) is 0 Å². The van der Waals surface area contributed by atoms with Gasteiger partial charge >= 0.3 is 0 Å². The second kappa shape index (κ2) is 9.54. The number of nitriles is 1. The van der Waals surface area contributed by atoms with Crippen LogP contribution in [0.1, 0.15) is 22.8 Å². The molecule has 2 aromatic carbocycles. The molecule has 32 heavy (non-hydrogen) atoms. The summed E-state index contributed by atoms with van der Waals surface area (Å²) >= 11 is 0. The Balaban J connectivity index is 1.31. The number of fused-ring (bicyclic) bond motifs is 1. The van der Waals surface area contributed by atoms with Crippen molar-refractivity contribution in [1.82, 2.24) is 9.80 Å². The number of piperazine rings is 1. The van der Waals surface area contributed by atoms with E-state index < -0.39 is 5.91 Å². The molecule has 0 atom stereocenters. The van der Waals surface area contributed by atoms with Gasteiger partial charge in [-0.1, -0.05) is 6.07 Å². The molecule has 0 radical (unpaired) electrons. The van der Waals surface area contributed by atoms with Crippen molar-refractivity contribution in [1.29, 1.82) is 5.26 Å². The Labute approximate surface area is 186 Å². The SMILES string of the molecule is CC(=O)c1ccc(NC(=O)/C(C#N)=C\N2CCN(Cc3ccc4c(c3)OCO4)CC2)cc1. The molecule has 164 valence electrons. The van der Waals surface area contributed by atoms with Crippen LogP contribution in [0.3, 0.4) is 0 Å². The van der Waals surface area contributed by atoms with E-state index in [1.807, 2.05) is 29.2 Å². The van der Waals surface area contributed by atoms with Crippen molar-refractivity contribution >= 4 is 17.4 Å². The zero-order valence-electron chi connectivity index (χ0n) is 17.8. The smallest absolute Gasteiger partial charge is 0.267 e. The van der Waals surface area contributed by atoms with Gasteiger partial charge in [-0.2, -0.15) is 5.26 Å². The first kappa shape index (κ1) is 21.4. The third kappa shape index (κ3) is 5.07. The number of ketones is 1. The lowest BCUT2D eigenvalue weighted by molar-refractivity contribution is -0.112. The predicted molar refractivity (Wildman–Crippen MR) is 118 cm³/mol. The lowest BCUT2D eigenvalue weighted by atomic mass is 10.1. The number of hydrogen-bond donors (Lipinski definition) is 1. The van der Waals surface area contributed by atoms with E-state index in [2.05, 4.69) is 10.2 Å². The van der Waals surface area contributed by atoms with E-state index >= 15 is 0 Å². The molecule has 1 fully saturated rings. The van der Waals surface area contributed by atoms with Gasteiger partial charge in [-0.15, -0.1) is 0 Å². The van der Waals surface area contributed by atoms with Crippen molar-refractivity contribution in [2.45, 2.75) is 13.5 Å². The molecule has 2 heterocycles. The van der Waals surface area contributed by atoms with E-state index in [1.165, 1.54) is 6.92 Å². The normalized spacial score (nSPS) is 15.9. The first-order chi connectivity index (χ1) is 15.5.